The summed E-state index contributed by atoms with van der Waals surface area (Å²) < 4.78 is 27.4. The number of aromatic amines is 1. The van der Waals surface area contributed by atoms with Gasteiger partial charge in [-0.2, -0.15) is 0 Å². The average molecular weight is 457 g/mol. The van der Waals surface area contributed by atoms with E-state index >= 15 is 0 Å². The van der Waals surface area contributed by atoms with E-state index in [0.29, 0.717) is 4.47 Å². The number of halogens is 1. The van der Waals surface area contributed by atoms with Gasteiger partial charge >= 0.3 is 0 Å². The Bertz CT molecular complexity index is 971. The maximum absolute atomic E-state index is 12.2. The highest BCUT2D eigenvalue weighted by molar-refractivity contribution is 9.10. The van der Waals surface area contributed by atoms with E-state index in [1.165, 1.54) is 37.3 Å². The van der Waals surface area contributed by atoms with Gasteiger partial charge in [0.1, 0.15) is 5.69 Å². The van der Waals surface area contributed by atoms with E-state index in [1.807, 2.05) is 0 Å². The van der Waals surface area contributed by atoms with Gasteiger partial charge in [-0.15, -0.1) is 0 Å². The Morgan fingerprint density at radius 2 is 1.89 bits per heavy atom. The predicted molar refractivity (Wildman–Crippen MR) is 100 cm³/mol. The first-order chi connectivity index (χ1) is 12.7. The lowest BCUT2D eigenvalue weighted by molar-refractivity contribution is -0.121. The predicted octanol–water partition coefficient (Wildman–Crippen LogP) is 1.11. The van der Waals surface area contributed by atoms with Gasteiger partial charge in [-0.25, -0.2) is 13.1 Å². The fraction of sp³-hybridized carbons (Fsp3) is 0.188. The van der Waals surface area contributed by atoms with Crippen LogP contribution in [0.5, 0.6) is 0 Å². The van der Waals surface area contributed by atoms with Crippen LogP contribution in [0.3, 0.4) is 0 Å². The molecule has 0 bridgehead atoms. The van der Waals surface area contributed by atoms with Gasteiger partial charge in [-0.1, -0.05) is 12.1 Å². The molecule has 27 heavy (non-hydrogen) atoms. The number of nitrogens with one attached hydrogen (secondary N) is 4. The van der Waals surface area contributed by atoms with Crippen molar-refractivity contribution in [2.45, 2.75) is 18.2 Å². The van der Waals surface area contributed by atoms with E-state index in [4.69, 9.17) is 0 Å². The van der Waals surface area contributed by atoms with E-state index in [2.05, 4.69) is 36.5 Å². The van der Waals surface area contributed by atoms with E-state index in [-0.39, 0.29) is 34.9 Å². The largest absolute Gasteiger partial charge is 0.356 e. The maximum atomic E-state index is 12.2. The molecule has 4 N–H and O–H groups in total. The Hall–Kier alpha value is -2.50. The molecule has 9 nitrogen and oxygen atoms in total. The molecule has 0 aliphatic carbocycles. The Kier molecular flexibility index (Phi) is 6.88. The topological polar surface area (TPSA) is 137 Å². The summed E-state index contributed by atoms with van der Waals surface area (Å²) in [5.41, 5.74) is 4.91. The third-order valence-electron chi connectivity index (χ3n) is 3.40. The van der Waals surface area contributed by atoms with Crippen molar-refractivity contribution >= 4 is 43.6 Å². The molecular weight excluding hydrogens is 440 g/mol. The van der Waals surface area contributed by atoms with Crippen LogP contribution in [0.4, 0.5) is 0 Å². The number of hydrogen-bond donors (Lipinski definition) is 4. The smallest absolute Gasteiger partial charge is 0.286 e. The van der Waals surface area contributed by atoms with Gasteiger partial charge < -0.3 is 4.98 Å². The molecule has 2 rings (SSSR count). The highest BCUT2D eigenvalue weighted by atomic mass is 79.9. The van der Waals surface area contributed by atoms with Crippen LogP contribution in [0, 0.1) is 0 Å². The number of H-pyrrole nitrogens is 1. The third-order valence-corrected chi connectivity index (χ3v) is 5.32. The molecule has 1 aromatic carbocycles. The van der Waals surface area contributed by atoms with Gasteiger partial charge in [0.25, 0.3) is 5.91 Å². The molecule has 0 atom stereocenters. The van der Waals surface area contributed by atoms with Crippen LogP contribution in [0.15, 0.2) is 45.9 Å². The molecule has 0 aliphatic rings. The molecule has 2 amide bonds. The van der Waals surface area contributed by atoms with Gasteiger partial charge in [-0.3, -0.25) is 25.2 Å². The maximum Gasteiger partial charge on any atom is 0.286 e. The van der Waals surface area contributed by atoms with Crippen LogP contribution in [0.1, 0.15) is 34.2 Å². The molecule has 144 valence electrons. The molecule has 1 heterocycles. The number of ketones is 1. The lowest BCUT2D eigenvalue weighted by Gasteiger charge is -2.09. The first-order valence-corrected chi connectivity index (χ1v) is 10.0. The SMILES string of the molecule is CC(=O)c1cccc(S(=O)(=O)NCCC(=O)NNC(=O)c2cc(Br)c[nH]2)c1. The Morgan fingerprint density at radius 3 is 2.52 bits per heavy atom. The molecule has 0 fully saturated rings. The molecule has 0 unspecified atom stereocenters. The van der Waals surface area contributed by atoms with Gasteiger partial charge in [0, 0.05) is 29.2 Å². The van der Waals surface area contributed by atoms with E-state index in [0.717, 1.165) is 0 Å². The van der Waals surface area contributed by atoms with Gasteiger partial charge in [-0.05, 0) is 41.1 Å². The molecule has 11 heteroatoms. The van der Waals surface area contributed by atoms with Gasteiger partial charge in [0.2, 0.25) is 15.9 Å². The summed E-state index contributed by atoms with van der Waals surface area (Å²) in [4.78, 5) is 37.5. The summed E-state index contributed by atoms with van der Waals surface area (Å²) in [6, 6.07) is 7.13. The number of rotatable bonds is 7. The number of hydrogen-bond acceptors (Lipinski definition) is 5. The molecule has 2 aromatic rings. The van der Waals surface area contributed by atoms with E-state index in [1.54, 1.807) is 6.20 Å². The van der Waals surface area contributed by atoms with Crippen LogP contribution in [-0.2, 0) is 14.8 Å². The molecule has 0 saturated carbocycles. The van der Waals surface area contributed by atoms with Crippen molar-refractivity contribution in [2.75, 3.05) is 6.54 Å². The summed E-state index contributed by atoms with van der Waals surface area (Å²) in [6.45, 7) is 1.16. The minimum absolute atomic E-state index is 0.0683. The summed E-state index contributed by atoms with van der Waals surface area (Å²) in [5, 5.41) is 0. The average Bonchev–Trinajstić information content (AvgIpc) is 3.06. The number of Topliss-reactive ketones (excluding diaryl/α,β-unsaturated/α-hetero) is 1. The zero-order valence-corrected chi connectivity index (χ0v) is 16.6. The second-order valence-corrected chi connectivity index (χ2v) is 8.15. The lowest BCUT2D eigenvalue weighted by atomic mass is 10.2. The lowest BCUT2D eigenvalue weighted by Crippen LogP contribution is -2.42. The molecule has 1 aromatic heterocycles. The van der Waals surface area contributed by atoms with Crippen molar-refractivity contribution in [2.24, 2.45) is 0 Å². The van der Waals surface area contributed by atoms with E-state index < -0.39 is 21.8 Å². The highest BCUT2D eigenvalue weighted by Gasteiger charge is 2.16. The zero-order valence-electron chi connectivity index (χ0n) is 14.2. The van der Waals surface area contributed by atoms with Crippen molar-refractivity contribution in [3.8, 4) is 0 Å². The minimum Gasteiger partial charge on any atom is -0.356 e. The van der Waals surface area contributed by atoms with Crippen LogP contribution in [0.2, 0.25) is 0 Å². The van der Waals surface area contributed by atoms with Crippen LogP contribution in [-0.4, -0.2) is 37.5 Å². The first kappa shape index (κ1) is 20.8. The normalized spacial score (nSPS) is 11.0. The van der Waals surface area contributed by atoms with Crippen molar-refractivity contribution in [3.63, 3.8) is 0 Å². The number of carbonyl (C=O) groups is 3. The number of amides is 2. The summed E-state index contributed by atoms with van der Waals surface area (Å²) in [7, 11) is -3.86. The van der Waals surface area contributed by atoms with Gasteiger partial charge in [0.05, 0.1) is 4.90 Å². The Morgan fingerprint density at radius 1 is 1.15 bits per heavy atom. The van der Waals surface area contributed by atoms with Gasteiger partial charge in [0.15, 0.2) is 5.78 Å². The zero-order chi connectivity index (χ0) is 20.0. The highest BCUT2D eigenvalue weighted by Crippen LogP contribution is 2.12. The van der Waals surface area contributed by atoms with Crippen LogP contribution >= 0.6 is 15.9 Å². The van der Waals surface area contributed by atoms with E-state index in [9.17, 15) is 22.8 Å². The Balaban J connectivity index is 1.82. The summed E-state index contributed by atoms with van der Waals surface area (Å²) in [5.74, 6) is -1.37. The van der Waals surface area contributed by atoms with Crippen molar-refractivity contribution in [3.05, 3.63) is 52.3 Å². The fourth-order valence-corrected chi connectivity index (χ4v) is 3.44. The van der Waals surface area contributed by atoms with Crippen LogP contribution in [0.25, 0.3) is 0 Å². The third kappa shape index (κ3) is 6.01. The number of carbonyl (C=O) groups excluding carboxylic acids is 3. The van der Waals surface area contributed by atoms with Crippen molar-refractivity contribution in [1.82, 2.24) is 20.6 Å². The number of benzene rings is 1. The van der Waals surface area contributed by atoms with Crippen molar-refractivity contribution < 1.29 is 22.8 Å². The summed E-state index contributed by atoms with van der Waals surface area (Å²) in [6.07, 6.45) is 1.37. The van der Waals surface area contributed by atoms with Crippen LogP contribution < -0.4 is 15.6 Å². The number of aromatic nitrogens is 1. The quantitative estimate of drug-likeness (QED) is 0.365. The number of sulfonamides is 1. The molecule has 0 radical (unpaired) electrons. The fourth-order valence-electron chi connectivity index (χ4n) is 2.02. The molecule has 0 aliphatic heterocycles. The second-order valence-electron chi connectivity index (χ2n) is 5.47. The molecular formula is C16H17BrN4O5S. The standard InChI is InChI=1S/C16H17BrN4O5S/c1-10(22)11-3-2-4-13(7-11)27(25,26)19-6-5-15(23)20-21-16(24)14-8-12(17)9-18-14/h2-4,7-9,18-19H,5-6H2,1H3,(H,20,23)(H,21,24). The second kappa shape index (κ2) is 8.93. The molecule has 0 saturated heterocycles. The number of hydrazine groups is 1. The van der Waals surface area contributed by atoms with Crippen molar-refractivity contribution in [1.29, 1.82) is 0 Å². The molecule has 0 spiro atoms. The Labute approximate surface area is 164 Å². The minimum atomic E-state index is -3.86. The monoisotopic (exact) mass is 456 g/mol. The summed E-state index contributed by atoms with van der Waals surface area (Å²) >= 11 is 3.18. The first-order valence-electron chi connectivity index (χ1n) is 7.73.